The van der Waals surface area contributed by atoms with Gasteiger partial charge in [-0.1, -0.05) is 23.7 Å². The summed E-state index contributed by atoms with van der Waals surface area (Å²) in [4.78, 5) is 16.5. The summed E-state index contributed by atoms with van der Waals surface area (Å²) < 4.78 is 11.7. The highest BCUT2D eigenvalue weighted by Gasteiger charge is 2.21. The first-order valence-corrected chi connectivity index (χ1v) is 8.19. The minimum Gasteiger partial charge on any atom is -0.506 e. The van der Waals surface area contributed by atoms with Gasteiger partial charge in [-0.25, -0.2) is 9.78 Å². The molecule has 0 radical (unpaired) electrons. The minimum absolute atomic E-state index is 0.0570. The predicted molar refractivity (Wildman–Crippen MR) is 96.0 cm³/mol. The molecule has 0 aliphatic heterocycles. The van der Waals surface area contributed by atoms with Gasteiger partial charge in [0.1, 0.15) is 11.3 Å². The van der Waals surface area contributed by atoms with Crippen molar-refractivity contribution in [2.45, 2.75) is 6.92 Å². The van der Waals surface area contributed by atoms with Gasteiger partial charge >= 0.3 is 5.97 Å². The molecule has 0 saturated heterocycles. The number of pyridine rings is 1. The number of phenolic OH excluding ortho intramolecular Hbond substituents is 1. The molecule has 0 spiro atoms. The maximum Gasteiger partial charge on any atom is 0.345 e. The van der Waals surface area contributed by atoms with E-state index in [2.05, 4.69) is 10.1 Å². The summed E-state index contributed by atoms with van der Waals surface area (Å²) in [5.74, 6) is 0.0374. The molecule has 2 heterocycles. The molecule has 1 N–H and O–H groups in total. The second kappa shape index (κ2) is 7.45. The lowest BCUT2D eigenvalue weighted by atomic mass is 10.1. The number of phenols is 1. The van der Waals surface area contributed by atoms with Gasteiger partial charge in [0.15, 0.2) is 5.82 Å². The Kier molecular flexibility index (Phi) is 5.09. The highest BCUT2D eigenvalue weighted by molar-refractivity contribution is 6.32. The van der Waals surface area contributed by atoms with Gasteiger partial charge in [-0.3, -0.25) is 0 Å². The van der Waals surface area contributed by atoms with Crippen LogP contribution in [-0.4, -0.2) is 39.6 Å². The molecule has 0 unspecified atom stereocenters. The van der Waals surface area contributed by atoms with Gasteiger partial charge in [0.25, 0.3) is 0 Å². The smallest absolute Gasteiger partial charge is 0.345 e. The second-order valence-corrected chi connectivity index (χ2v) is 5.62. The van der Waals surface area contributed by atoms with Crippen LogP contribution in [0.15, 0.2) is 42.6 Å². The highest BCUT2D eigenvalue weighted by Crippen LogP contribution is 2.34. The topological polar surface area (TPSA) is 86.5 Å². The average Bonchev–Trinajstić information content (AvgIpc) is 3.08. The van der Waals surface area contributed by atoms with E-state index in [0.717, 1.165) is 0 Å². The lowest BCUT2D eigenvalue weighted by Crippen LogP contribution is -2.08. The van der Waals surface area contributed by atoms with Crippen LogP contribution < -0.4 is 4.74 Å². The third kappa shape index (κ3) is 3.21. The summed E-state index contributed by atoms with van der Waals surface area (Å²) in [6, 6.07) is 10.2. The van der Waals surface area contributed by atoms with Crippen molar-refractivity contribution in [1.29, 1.82) is 0 Å². The quantitative estimate of drug-likeness (QED) is 0.689. The molecular formula is C18H16ClN3O4. The van der Waals surface area contributed by atoms with E-state index in [0.29, 0.717) is 17.1 Å². The van der Waals surface area contributed by atoms with Gasteiger partial charge in [-0.2, -0.15) is 9.78 Å². The van der Waals surface area contributed by atoms with Crippen molar-refractivity contribution < 1.29 is 19.4 Å². The van der Waals surface area contributed by atoms with E-state index >= 15 is 0 Å². The Balaban J connectivity index is 2.06. The van der Waals surface area contributed by atoms with Gasteiger partial charge in [-0.15, -0.1) is 0 Å². The molecule has 3 rings (SSSR count). The Hall–Kier alpha value is -3.06. The Labute approximate surface area is 154 Å². The first-order valence-electron chi connectivity index (χ1n) is 7.81. The van der Waals surface area contributed by atoms with E-state index < -0.39 is 5.97 Å². The van der Waals surface area contributed by atoms with Gasteiger partial charge in [0.05, 0.1) is 30.6 Å². The molecular weight excluding hydrogens is 358 g/mol. The Morgan fingerprint density at radius 2 is 2.04 bits per heavy atom. The normalized spacial score (nSPS) is 10.6. The number of carbonyl (C=O) groups is 1. The first kappa shape index (κ1) is 17.8. The number of aromatic nitrogens is 3. The van der Waals surface area contributed by atoms with E-state index in [4.69, 9.17) is 21.1 Å². The molecule has 1 aromatic carbocycles. The third-order valence-corrected chi connectivity index (χ3v) is 3.93. The summed E-state index contributed by atoms with van der Waals surface area (Å²) >= 11 is 5.97. The number of methoxy groups -OCH3 is 1. The zero-order valence-corrected chi connectivity index (χ0v) is 14.9. The largest absolute Gasteiger partial charge is 0.506 e. The molecule has 0 bridgehead atoms. The van der Waals surface area contributed by atoms with Crippen LogP contribution in [0.2, 0.25) is 5.02 Å². The summed E-state index contributed by atoms with van der Waals surface area (Å²) in [5.41, 5.74) is 1.18. The van der Waals surface area contributed by atoms with Gasteiger partial charge in [-0.05, 0) is 31.2 Å². The van der Waals surface area contributed by atoms with Crippen molar-refractivity contribution >= 4 is 17.6 Å². The van der Waals surface area contributed by atoms with Crippen molar-refractivity contribution in [3.05, 3.63) is 53.2 Å². The lowest BCUT2D eigenvalue weighted by molar-refractivity contribution is 0.0522. The maximum absolute atomic E-state index is 12.0. The lowest BCUT2D eigenvalue weighted by Gasteiger charge is -2.10. The number of halogens is 1. The van der Waals surface area contributed by atoms with Crippen molar-refractivity contribution in [1.82, 2.24) is 14.8 Å². The van der Waals surface area contributed by atoms with Gasteiger partial charge in [0.2, 0.25) is 5.88 Å². The molecule has 0 amide bonds. The number of nitrogens with zero attached hydrogens (tertiary/aromatic N) is 3. The molecule has 3 aromatic rings. The number of ether oxygens (including phenoxy) is 2. The van der Waals surface area contributed by atoms with Crippen molar-refractivity contribution in [2.75, 3.05) is 13.7 Å². The Morgan fingerprint density at radius 1 is 1.27 bits per heavy atom. The first-order chi connectivity index (χ1) is 12.6. The summed E-state index contributed by atoms with van der Waals surface area (Å²) in [6.07, 6.45) is 1.36. The van der Waals surface area contributed by atoms with E-state index in [1.165, 1.54) is 18.0 Å². The molecule has 0 aliphatic rings. The standard InChI is InChI=1S/C18H16ClN3O4/c1-3-26-18(24)12-10-20-22(17(12)25-2)15-9-5-8-14(21-15)11-6-4-7-13(19)16(11)23/h4-10,23H,3H2,1-2H3. The number of hydrogen-bond acceptors (Lipinski definition) is 6. The fourth-order valence-electron chi connectivity index (χ4n) is 2.46. The number of carbonyl (C=O) groups excluding carboxylic acids is 1. The van der Waals surface area contributed by atoms with E-state index in [1.807, 2.05) is 0 Å². The molecule has 134 valence electrons. The SMILES string of the molecule is CCOC(=O)c1cnn(-c2cccc(-c3cccc(Cl)c3O)n2)c1OC. The number of benzene rings is 1. The molecule has 26 heavy (non-hydrogen) atoms. The summed E-state index contributed by atoms with van der Waals surface area (Å²) in [6.45, 7) is 1.96. The fourth-order valence-corrected chi connectivity index (χ4v) is 2.63. The molecule has 2 aromatic heterocycles. The zero-order chi connectivity index (χ0) is 18.7. The molecule has 0 atom stereocenters. The van der Waals surface area contributed by atoms with Crippen molar-refractivity contribution in [3.63, 3.8) is 0 Å². The molecule has 8 heteroatoms. The number of esters is 1. The highest BCUT2D eigenvalue weighted by atomic mass is 35.5. The van der Waals surface area contributed by atoms with Gasteiger partial charge in [0, 0.05) is 5.56 Å². The molecule has 0 aliphatic carbocycles. The van der Waals surface area contributed by atoms with E-state index in [9.17, 15) is 9.90 Å². The van der Waals surface area contributed by atoms with Crippen LogP contribution in [0.5, 0.6) is 11.6 Å². The van der Waals surface area contributed by atoms with Crippen LogP contribution in [0, 0.1) is 0 Å². The maximum atomic E-state index is 12.0. The zero-order valence-electron chi connectivity index (χ0n) is 14.1. The Bertz CT molecular complexity index is 955. The summed E-state index contributed by atoms with van der Waals surface area (Å²) in [5, 5.41) is 14.6. The molecule has 0 saturated carbocycles. The predicted octanol–water partition coefficient (Wildman–Crippen LogP) is 3.48. The average molecular weight is 374 g/mol. The molecule has 0 fully saturated rings. The monoisotopic (exact) mass is 373 g/mol. The second-order valence-electron chi connectivity index (χ2n) is 5.22. The minimum atomic E-state index is -0.528. The van der Waals surface area contributed by atoms with Crippen LogP contribution in [0.4, 0.5) is 0 Å². The third-order valence-electron chi connectivity index (χ3n) is 3.63. The van der Waals surface area contributed by atoms with E-state index in [1.54, 1.807) is 43.3 Å². The Morgan fingerprint density at radius 3 is 2.77 bits per heavy atom. The van der Waals surface area contributed by atoms with Crippen LogP contribution in [0.25, 0.3) is 17.1 Å². The van der Waals surface area contributed by atoms with Crippen molar-refractivity contribution in [3.8, 4) is 28.7 Å². The fraction of sp³-hybridized carbons (Fsp3) is 0.167. The van der Waals surface area contributed by atoms with Crippen LogP contribution in [0.1, 0.15) is 17.3 Å². The number of hydrogen-bond donors (Lipinski definition) is 1. The number of para-hydroxylation sites is 1. The number of rotatable bonds is 5. The number of aromatic hydroxyl groups is 1. The van der Waals surface area contributed by atoms with Crippen LogP contribution in [-0.2, 0) is 4.74 Å². The van der Waals surface area contributed by atoms with Crippen molar-refractivity contribution in [2.24, 2.45) is 0 Å². The van der Waals surface area contributed by atoms with Crippen LogP contribution >= 0.6 is 11.6 Å². The van der Waals surface area contributed by atoms with Crippen LogP contribution in [0.3, 0.4) is 0 Å². The summed E-state index contributed by atoms with van der Waals surface area (Å²) in [7, 11) is 1.43. The van der Waals surface area contributed by atoms with Gasteiger partial charge < -0.3 is 14.6 Å². The molecule has 7 nitrogen and oxygen atoms in total. The van der Waals surface area contributed by atoms with E-state index in [-0.39, 0.29) is 28.8 Å².